The molecule has 1 aromatic heterocycles. The highest BCUT2D eigenvalue weighted by atomic mass is 16.1. The lowest BCUT2D eigenvalue weighted by Gasteiger charge is -2.22. The van der Waals surface area contributed by atoms with Crippen molar-refractivity contribution in [3.05, 3.63) is 17.5 Å². The molecule has 0 atom stereocenters. The molecule has 0 bridgehead atoms. The third-order valence-corrected chi connectivity index (χ3v) is 4.21. The molecule has 2 rings (SSSR count). The van der Waals surface area contributed by atoms with Crippen molar-refractivity contribution in [3.8, 4) is 0 Å². The molecule has 1 aliphatic heterocycles. The van der Waals surface area contributed by atoms with Crippen LogP contribution >= 0.6 is 0 Å². The molecule has 0 radical (unpaired) electrons. The summed E-state index contributed by atoms with van der Waals surface area (Å²) in [6, 6.07) is 2.08. The number of nitrogens with one attached hydrogen (secondary N) is 2. The van der Waals surface area contributed by atoms with Crippen molar-refractivity contribution >= 4 is 5.91 Å². The summed E-state index contributed by atoms with van der Waals surface area (Å²) in [6.45, 7) is 7.89. The van der Waals surface area contributed by atoms with Crippen molar-refractivity contribution in [2.24, 2.45) is 5.92 Å². The van der Waals surface area contributed by atoms with Crippen molar-refractivity contribution < 1.29 is 4.79 Å². The van der Waals surface area contributed by atoms with Gasteiger partial charge in [-0.3, -0.25) is 9.48 Å². The number of carbonyl (C=O) groups is 1. The number of carbonyl (C=O) groups excluding carboxylic acids is 1. The van der Waals surface area contributed by atoms with Crippen LogP contribution in [-0.4, -0.2) is 35.3 Å². The van der Waals surface area contributed by atoms with Crippen LogP contribution in [0.25, 0.3) is 0 Å². The summed E-state index contributed by atoms with van der Waals surface area (Å²) in [5.41, 5.74) is 2.24. The molecule has 0 aliphatic carbocycles. The second-order valence-corrected chi connectivity index (χ2v) is 6.09. The molecule has 1 saturated heterocycles. The quantitative estimate of drug-likeness (QED) is 0.753. The Morgan fingerprint density at radius 3 is 2.86 bits per heavy atom. The number of nitrogens with zero attached hydrogens (tertiary/aromatic N) is 2. The normalized spacial score (nSPS) is 16.1. The SMILES string of the molecule is Cc1cc(C)n(CCCNC(=O)CCC2CCNCC2)n1. The predicted molar refractivity (Wildman–Crippen MR) is 84.2 cm³/mol. The van der Waals surface area contributed by atoms with E-state index >= 15 is 0 Å². The van der Waals surface area contributed by atoms with E-state index < -0.39 is 0 Å². The van der Waals surface area contributed by atoms with E-state index in [1.807, 2.05) is 11.6 Å². The van der Waals surface area contributed by atoms with E-state index in [0.717, 1.165) is 50.6 Å². The largest absolute Gasteiger partial charge is 0.356 e. The molecule has 2 heterocycles. The van der Waals surface area contributed by atoms with Gasteiger partial charge in [-0.15, -0.1) is 0 Å². The molecule has 0 aromatic carbocycles. The fraction of sp³-hybridized carbons (Fsp3) is 0.750. The third kappa shape index (κ3) is 5.50. The monoisotopic (exact) mass is 292 g/mol. The van der Waals surface area contributed by atoms with E-state index in [1.165, 1.54) is 18.5 Å². The van der Waals surface area contributed by atoms with E-state index in [2.05, 4.69) is 28.7 Å². The standard InChI is InChI=1S/C16H28N4O/c1-13-12-14(2)20(19-13)11-3-8-18-16(21)5-4-15-6-9-17-10-7-15/h12,15,17H,3-11H2,1-2H3,(H,18,21). The molecule has 5 nitrogen and oxygen atoms in total. The number of hydrogen-bond donors (Lipinski definition) is 2. The molecule has 0 spiro atoms. The molecule has 1 amide bonds. The highest BCUT2D eigenvalue weighted by molar-refractivity contribution is 5.75. The first-order chi connectivity index (χ1) is 10.1. The van der Waals surface area contributed by atoms with Crippen molar-refractivity contribution in [3.63, 3.8) is 0 Å². The van der Waals surface area contributed by atoms with Crippen LogP contribution in [0.2, 0.25) is 0 Å². The maximum absolute atomic E-state index is 11.8. The molecule has 1 fully saturated rings. The molecule has 0 saturated carbocycles. The van der Waals surface area contributed by atoms with E-state index in [9.17, 15) is 4.79 Å². The third-order valence-electron chi connectivity index (χ3n) is 4.21. The molecule has 0 unspecified atom stereocenters. The Labute approximate surface area is 127 Å². The van der Waals surface area contributed by atoms with Gasteiger partial charge in [0.25, 0.3) is 0 Å². The lowest BCUT2D eigenvalue weighted by molar-refractivity contribution is -0.121. The predicted octanol–water partition coefficient (Wildman–Crippen LogP) is 1.79. The van der Waals surface area contributed by atoms with Crippen LogP contribution in [0.15, 0.2) is 6.07 Å². The molecule has 1 aromatic rings. The summed E-state index contributed by atoms with van der Waals surface area (Å²) < 4.78 is 2.01. The zero-order valence-electron chi connectivity index (χ0n) is 13.3. The van der Waals surface area contributed by atoms with Crippen LogP contribution in [0, 0.1) is 19.8 Å². The Morgan fingerprint density at radius 1 is 1.43 bits per heavy atom. The fourth-order valence-corrected chi connectivity index (χ4v) is 2.95. The zero-order chi connectivity index (χ0) is 15.1. The van der Waals surface area contributed by atoms with Crippen molar-refractivity contribution in [1.29, 1.82) is 0 Å². The van der Waals surface area contributed by atoms with Gasteiger partial charge >= 0.3 is 0 Å². The van der Waals surface area contributed by atoms with Crippen molar-refractivity contribution in [2.75, 3.05) is 19.6 Å². The Hall–Kier alpha value is -1.36. The topological polar surface area (TPSA) is 59.0 Å². The molecule has 5 heteroatoms. The average Bonchev–Trinajstić information content (AvgIpc) is 2.80. The number of aryl methyl sites for hydroxylation is 3. The molecular formula is C16H28N4O. The average molecular weight is 292 g/mol. The highest BCUT2D eigenvalue weighted by Gasteiger charge is 2.14. The van der Waals surface area contributed by atoms with E-state index in [1.54, 1.807) is 0 Å². The minimum atomic E-state index is 0.196. The first kappa shape index (κ1) is 16.0. The van der Waals surface area contributed by atoms with Gasteiger partial charge in [0.05, 0.1) is 5.69 Å². The minimum absolute atomic E-state index is 0.196. The summed E-state index contributed by atoms with van der Waals surface area (Å²) >= 11 is 0. The minimum Gasteiger partial charge on any atom is -0.356 e. The van der Waals surface area contributed by atoms with Crippen LogP contribution < -0.4 is 10.6 Å². The van der Waals surface area contributed by atoms with Gasteiger partial charge in [0.2, 0.25) is 5.91 Å². The van der Waals surface area contributed by atoms with Crippen LogP contribution in [0.3, 0.4) is 0 Å². The number of aromatic nitrogens is 2. The Bertz CT molecular complexity index is 449. The number of rotatable bonds is 7. The first-order valence-electron chi connectivity index (χ1n) is 8.13. The Morgan fingerprint density at radius 2 is 2.19 bits per heavy atom. The fourth-order valence-electron chi connectivity index (χ4n) is 2.95. The maximum atomic E-state index is 11.8. The molecular weight excluding hydrogens is 264 g/mol. The summed E-state index contributed by atoms with van der Waals surface area (Å²) in [5.74, 6) is 0.925. The highest BCUT2D eigenvalue weighted by Crippen LogP contribution is 2.17. The second-order valence-electron chi connectivity index (χ2n) is 6.09. The lowest BCUT2D eigenvalue weighted by Crippen LogP contribution is -2.30. The molecule has 1 aliphatic rings. The van der Waals surface area contributed by atoms with E-state index in [0.29, 0.717) is 6.42 Å². The number of piperidine rings is 1. The van der Waals surface area contributed by atoms with E-state index in [4.69, 9.17) is 0 Å². The van der Waals surface area contributed by atoms with Gasteiger partial charge in [-0.05, 0) is 64.6 Å². The molecule has 21 heavy (non-hydrogen) atoms. The Balaban J connectivity index is 1.55. The maximum Gasteiger partial charge on any atom is 0.220 e. The van der Waals surface area contributed by atoms with E-state index in [-0.39, 0.29) is 5.91 Å². The lowest BCUT2D eigenvalue weighted by atomic mass is 9.93. The number of hydrogen-bond acceptors (Lipinski definition) is 3. The summed E-state index contributed by atoms with van der Waals surface area (Å²) in [6.07, 6.45) is 5.06. The van der Waals surface area contributed by atoms with Gasteiger partial charge in [-0.1, -0.05) is 0 Å². The van der Waals surface area contributed by atoms with Crippen LogP contribution in [0.1, 0.15) is 43.5 Å². The van der Waals surface area contributed by atoms with Gasteiger partial charge in [-0.2, -0.15) is 5.10 Å². The smallest absolute Gasteiger partial charge is 0.220 e. The van der Waals surface area contributed by atoms with Crippen LogP contribution in [0.4, 0.5) is 0 Å². The molecule has 2 N–H and O–H groups in total. The first-order valence-corrected chi connectivity index (χ1v) is 8.13. The van der Waals surface area contributed by atoms with Gasteiger partial charge in [-0.25, -0.2) is 0 Å². The van der Waals surface area contributed by atoms with Gasteiger partial charge in [0.1, 0.15) is 0 Å². The molecule has 118 valence electrons. The van der Waals surface area contributed by atoms with Gasteiger partial charge in [0.15, 0.2) is 0 Å². The van der Waals surface area contributed by atoms with Crippen LogP contribution in [-0.2, 0) is 11.3 Å². The Kier molecular flexibility index (Phi) is 6.23. The zero-order valence-corrected chi connectivity index (χ0v) is 13.3. The number of amides is 1. The summed E-state index contributed by atoms with van der Waals surface area (Å²) in [4.78, 5) is 11.8. The second kappa shape index (κ2) is 8.17. The van der Waals surface area contributed by atoms with Gasteiger partial charge in [0, 0.05) is 25.2 Å². The summed E-state index contributed by atoms with van der Waals surface area (Å²) in [7, 11) is 0. The van der Waals surface area contributed by atoms with Crippen molar-refractivity contribution in [1.82, 2.24) is 20.4 Å². The van der Waals surface area contributed by atoms with Crippen molar-refractivity contribution in [2.45, 2.75) is 52.5 Å². The van der Waals surface area contributed by atoms with Crippen LogP contribution in [0.5, 0.6) is 0 Å². The summed E-state index contributed by atoms with van der Waals surface area (Å²) in [5, 5.41) is 10.8. The van der Waals surface area contributed by atoms with Gasteiger partial charge < -0.3 is 10.6 Å².